The monoisotopic (exact) mass is 297 g/mol. The Morgan fingerprint density at radius 2 is 1.36 bits per heavy atom. The Labute approximate surface area is 128 Å². The lowest BCUT2D eigenvalue weighted by Gasteiger charge is -2.05. The van der Waals surface area contributed by atoms with Crippen molar-refractivity contribution in [3.63, 3.8) is 0 Å². The van der Waals surface area contributed by atoms with Crippen LogP contribution in [0.15, 0.2) is 42.7 Å². The van der Waals surface area contributed by atoms with Gasteiger partial charge in [0.05, 0.1) is 25.3 Å². The van der Waals surface area contributed by atoms with E-state index in [1.54, 1.807) is 30.6 Å². The minimum absolute atomic E-state index is 0.291. The molecule has 0 fully saturated rings. The lowest BCUT2D eigenvalue weighted by atomic mass is 10.0. The molecule has 1 aromatic heterocycles. The molecule has 0 aliphatic heterocycles. The van der Waals surface area contributed by atoms with E-state index in [1.807, 2.05) is 18.2 Å². The van der Waals surface area contributed by atoms with Crippen molar-refractivity contribution < 1.29 is 19.1 Å². The molecule has 1 aromatic carbocycles. The second-order valence-electron chi connectivity index (χ2n) is 4.44. The zero-order valence-electron chi connectivity index (χ0n) is 12.3. The Morgan fingerprint density at radius 3 is 1.86 bits per heavy atom. The number of ether oxygens (including phenoxy) is 2. The molecule has 2 aromatic rings. The quantitative estimate of drug-likeness (QED) is 0.812. The van der Waals surface area contributed by atoms with E-state index in [2.05, 4.69) is 4.98 Å². The number of nitrogens with zero attached hydrogens (tertiary/aromatic N) is 1. The Morgan fingerprint density at radius 1 is 0.864 bits per heavy atom. The van der Waals surface area contributed by atoms with Gasteiger partial charge in [-0.2, -0.15) is 0 Å². The van der Waals surface area contributed by atoms with Crippen molar-refractivity contribution in [3.8, 4) is 0 Å². The van der Waals surface area contributed by atoms with Crippen LogP contribution in [-0.2, 0) is 9.47 Å². The first-order valence-corrected chi connectivity index (χ1v) is 6.54. The highest BCUT2D eigenvalue weighted by Gasteiger charge is 2.12. The highest BCUT2D eigenvalue weighted by Crippen LogP contribution is 2.15. The Bertz CT molecular complexity index is 674. The van der Waals surface area contributed by atoms with Gasteiger partial charge in [-0.3, -0.25) is 4.98 Å². The fraction of sp³-hybridized carbons (Fsp3) is 0.118. The number of rotatable bonds is 4. The third-order valence-electron chi connectivity index (χ3n) is 2.97. The Hall–Kier alpha value is -2.95. The van der Waals surface area contributed by atoms with E-state index < -0.39 is 11.9 Å². The fourth-order valence-electron chi connectivity index (χ4n) is 1.89. The van der Waals surface area contributed by atoms with Gasteiger partial charge in [-0.25, -0.2) is 9.59 Å². The van der Waals surface area contributed by atoms with Crippen molar-refractivity contribution in [3.05, 3.63) is 65.0 Å². The number of methoxy groups -OCH3 is 2. The van der Waals surface area contributed by atoms with Crippen LogP contribution in [0.2, 0.25) is 0 Å². The van der Waals surface area contributed by atoms with Crippen LogP contribution in [0.4, 0.5) is 0 Å². The molecule has 112 valence electrons. The molecule has 0 N–H and O–H groups in total. The van der Waals surface area contributed by atoms with E-state index in [-0.39, 0.29) is 0 Å². The van der Waals surface area contributed by atoms with Gasteiger partial charge in [0, 0.05) is 12.4 Å². The summed E-state index contributed by atoms with van der Waals surface area (Å²) < 4.78 is 9.40. The molecule has 0 aliphatic carbocycles. The Balaban J connectivity index is 2.39. The van der Waals surface area contributed by atoms with Crippen LogP contribution < -0.4 is 0 Å². The summed E-state index contributed by atoms with van der Waals surface area (Å²) in [6.07, 6.45) is 7.03. The van der Waals surface area contributed by atoms with Gasteiger partial charge in [0.15, 0.2) is 0 Å². The van der Waals surface area contributed by atoms with Crippen LogP contribution in [0.5, 0.6) is 0 Å². The van der Waals surface area contributed by atoms with Crippen molar-refractivity contribution in [1.82, 2.24) is 4.98 Å². The first-order valence-electron chi connectivity index (χ1n) is 6.54. The van der Waals surface area contributed by atoms with Crippen LogP contribution >= 0.6 is 0 Å². The summed E-state index contributed by atoms with van der Waals surface area (Å²) in [5, 5.41) is 0. The standard InChI is InChI=1S/C17H15NO4/c1-21-16(19)14-9-13(10-15(11-14)17(20)22-2)4-3-12-5-7-18-8-6-12/h3-11H,1-2H3/b4-3+. The summed E-state index contributed by atoms with van der Waals surface area (Å²) in [5.74, 6) is -1.02. The number of hydrogen-bond donors (Lipinski definition) is 0. The number of pyridine rings is 1. The second-order valence-corrected chi connectivity index (χ2v) is 4.44. The maximum absolute atomic E-state index is 11.7. The van der Waals surface area contributed by atoms with Gasteiger partial charge < -0.3 is 9.47 Å². The van der Waals surface area contributed by atoms with Crippen LogP contribution in [0.1, 0.15) is 31.8 Å². The predicted molar refractivity (Wildman–Crippen MR) is 82.3 cm³/mol. The molecule has 22 heavy (non-hydrogen) atoms. The summed E-state index contributed by atoms with van der Waals surface area (Å²) in [5.41, 5.74) is 2.23. The van der Waals surface area contributed by atoms with Crippen molar-refractivity contribution in [2.24, 2.45) is 0 Å². The van der Waals surface area contributed by atoms with Gasteiger partial charge in [0.1, 0.15) is 0 Å². The summed E-state index contributed by atoms with van der Waals surface area (Å²) in [7, 11) is 2.58. The van der Waals surface area contributed by atoms with E-state index >= 15 is 0 Å². The van der Waals surface area contributed by atoms with Gasteiger partial charge in [-0.15, -0.1) is 0 Å². The van der Waals surface area contributed by atoms with E-state index in [0.717, 1.165) is 5.56 Å². The number of esters is 2. The Kier molecular flexibility index (Phi) is 5.03. The predicted octanol–water partition coefficient (Wildman–Crippen LogP) is 2.83. The van der Waals surface area contributed by atoms with E-state index in [9.17, 15) is 9.59 Å². The topological polar surface area (TPSA) is 65.5 Å². The van der Waals surface area contributed by atoms with Crippen molar-refractivity contribution in [1.29, 1.82) is 0 Å². The third-order valence-corrected chi connectivity index (χ3v) is 2.97. The van der Waals surface area contributed by atoms with E-state index in [1.165, 1.54) is 20.3 Å². The summed E-state index contributed by atoms with van der Waals surface area (Å²) in [6, 6.07) is 8.44. The third kappa shape index (κ3) is 3.79. The lowest BCUT2D eigenvalue weighted by molar-refractivity contribution is 0.0599. The molecule has 0 spiro atoms. The van der Waals surface area contributed by atoms with Gasteiger partial charge in [0.2, 0.25) is 0 Å². The molecule has 0 saturated heterocycles. The number of aromatic nitrogens is 1. The summed E-state index contributed by atoms with van der Waals surface area (Å²) in [6.45, 7) is 0. The second kappa shape index (κ2) is 7.17. The summed E-state index contributed by atoms with van der Waals surface area (Å²) >= 11 is 0. The minimum Gasteiger partial charge on any atom is -0.465 e. The van der Waals surface area contributed by atoms with Gasteiger partial charge in [0.25, 0.3) is 0 Å². The molecule has 0 amide bonds. The average Bonchev–Trinajstić information content (AvgIpc) is 2.59. The molecular formula is C17H15NO4. The molecule has 0 unspecified atom stereocenters. The zero-order valence-corrected chi connectivity index (χ0v) is 12.3. The maximum Gasteiger partial charge on any atom is 0.337 e. The number of benzene rings is 1. The first-order chi connectivity index (χ1) is 10.6. The summed E-state index contributed by atoms with van der Waals surface area (Å²) in [4.78, 5) is 27.3. The smallest absolute Gasteiger partial charge is 0.337 e. The van der Waals surface area contributed by atoms with Crippen molar-refractivity contribution >= 4 is 24.1 Å². The van der Waals surface area contributed by atoms with Gasteiger partial charge >= 0.3 is 11.9 Å². The molecule has 0 aliphatic rings. The maximum atomic E-state index is 11.7. The lowest BCUT2D eigenvalue weighted by Crippen LogP contribution is -2.07. The van der Waals surface area contributed by atoms with Gasteiger partial charge in [-0.1, -0.05) is 12.2 Å². The van der Waals surface area contributed by atoms with Crippen molar-refractivity contribution in [2.75, 3.05) is 14.2 Å². The molecule has 0 atom stereocenters. The SMILES string of the molecule is COC(=O)c1cc(/C=C/c2ccncc2)cc(C(=O)OC)c1. The van der Waals surface area contributed by atoms with Crippen molar-refractivity contribution in [2.45, 2.75) is 0 Å². The normalized spacial score (nSPS) is 10.5. The molecule has 0 saturated carbocycles. The van der Waals surface area contributed by atoms with Gasteiger partial charge in [-0.05, 0) is 41.5 Å². The van der Waals surface area contributed by atoms with Crippen LogP contribution in [-0.4, -0.2) is 31.1 Å². The largest absolute Gasteiger partial charge is 0.465 e. The zero-order chi connectivity index (χ0) is 15.9. The molecular weight excluding hydrogens is 282 g/mol. The highest BCUT2D eigenvalue weighted by atomic mass is 16.5. The molecule has 0 bridgehead atoms. The van der Waals surface area contributed by atoms with E-state index in [0.29, 0.717) is 16.7 Å². The average molecular weight is 297 g/mol. The van der Waals surface area contributed by atoms with Crippen LogP contribution in [0.25, 0.3) is 12.2 Å². The first kappa shape index (κ1) is 15.4. The molecule has 2 rings (SSSR count). The fourth-order valence-corrected chi connectivity index (χ4v) is 1.89. The minimum atomic E-state index is -0.510. The molecule has 5 nitrogen and oxygen atoms in total. The molecule has 0 radical (unpaired) electrons. The number of carbonyl (C=O) groups is 2. The van der Waals surface area contributed by atoms with Crippen LogP contribution in [0, 0.1) is 0 Å². The number of carbonyl (C=O) groups excluding carboxylic acids is 2. The highest BCUT2D eigenvalue weighted by molar-refractivity contribution is 5.96. The molecule has 5 heteroatoms. The molecule has 1 heterocycles. The number of hydrogen-bond acceptors (Lipinski definition) is 5. The van der Waals surface area contributed by atoms with Crippen LogP contribution in [0.3, 0.4) is 0 Å². The van der Waals surface area contributed by atoms with E-state index in [4.69, 9.17) is 9.47 Å².